The lowest BCUT2D eigenvalue weighted by Crippen LogP contribution is -2.64. The summed E-state index contributed by atoms with van der Waals surface area (Å²) in [6.07, 6.45) is 3.38. The van der Waals surface area contributed by atoms with Crippen molar-refractivity contribution in [2.45, 2.75) is 96.9 Å². The average molecular weight is 791 g/mol. The summed E-state index contributed by atoms with van der Waals surface area (Å²) in [5, 5.41) is 0. The maximum Gasteiger partial charge on any atom is 0.500 e. The van der Waals surface area contributed by atoms with Crippen molar-refractivity contribution < 1.29 is 53.1 Å². The molecule has 1 aliphatic rings. The van der Waals surface area contributed by atoms with Crippen molar-refractivity contribution in [3.63, 3.8) is 0 Å². The van der Waals surface area contributed by atoms with Crippen molar-refractivity contribution in [1.29, 1.82) is 0 Å². The molecule has 50 heavy (non-hydrogen) atoms. The quantitative estimate of drug-likeness (QED) is 0.0873. The lowest BCUT2D eigenvalue weighted by molar-refractivity contribution is -0.0174. The highest BCUT2D eigenvalue weighted by atomic mass is 28.4. The van der Waals surface area contributed by atoms with Crippen molar-refractivity contribution >= 4 is 35.2 Å². The summed E-state index contributed by atoms with van der Waals surface area (Å²) in [5.74, 6) is 0. The van der Waals surface area contributed by atoms with Gasteiger partial charge in [0.1, 0.15) is 0 Å². The Labute approximate surface area is 309 Å². The molecule has 0 aromatic rings. The molecule has 0 amide bonds. The zero-order valence-electron chi connectivity index (χ0n) is 33.7. The molecule has 0 aromatic carbocycles. The third kappa shape index (κ3) is 14.5. The molecular formula is C32H74N2O12Si4. The third-order valence-electron chi connectivity index (χ3n) is 9.59. The SMILES string of the molecule is CCO[Si](CCCN1CCN(CCC[Si](OCC)(OCC)OCC)C(CC[Si](OC)(OC)OC)(CC[Si](OC)(OC)OC)C1)(OCC)OCC. The van der Waals surface area contributed by atoms with Gasteiger partial charge in [0.25, 0.3) is 0 Å². The number of hydrogen-bond donors (Lipinski definition) is 0. The molecular weight excluding hydrogens is 717 g/mol. The van der Waals surface area contributed by atoms with Crippen LogP contribution >= 0.6 is 0 Å². The first-order chi connectivity index (χ1) is 24.0. The molecule has 0 aliphatic carbocycles. The normalized spacial score (nSPS) is 16.8. The Hall–Kier alpha value is 0.308. The van der Waals surface area contributed by atoms with Crippen LogP contribution in [0.25, 0.3) is 0 Å². The molecule has 0 radical (unpaired) electrons. The van der Waals surface area contributed by atoms with Crippen LogP contribution in [-0.4, -0.2) is 166 Å². The Morgan fingerprint density at radius 1 is 0.440 bits per heavy atom. The van der Waals surface area contributed by atoms with Crippen LogP contribution in [0, 0.1) is 0 Å². The average Bonchev–Trinajstić information content (AvgIpc) is 3.11. The third-order valence-corrected chi connectivity index (χ3v) is 21.3. The molecule has 1 aliphatic heterocycles. The predicted molar refractivity (Wildman–Crippen MR) is 203 cm³/mol. The second kappa shape index (κ2) is 25.4. The largest absolute Gasteiger partial charge is 0.500 e. The zero-order valence-corrected chi connectivity index (χ0v) is 37.7. The zero-order chi connectivity index (χ0) is 37.6. The molecule has 18 heteroatoms. The van der Waals surface area contributed by atoms with Gasteiger partial charge in [-0.3, -0.25) is 4.90 Å². The maximum absolute atomic E-state index is 6.22. The fourth-order valence-corrected chi connectivity index (χ4v) is 16.1. The standard InChI is InChI=1S/C32H74N2O12Si4/c1-13-41-49(42-14-2,43-15-3)27-19-23-33-25-26-34(24-20-28-50(44-16-4,45-17-5)46-18-6)32(31-33,21-29-47(35-7,36-8)37-9)22-30-48(38-10,39-11)40-12/h13-31H2,1-12H3. The predicted octanol–water partition coefficient (Wildman–Crippen LogP) is 4.76. The second-order valence-electron chi connectivity index (χ2n) is 12.2. The van der Waals surface area contributed by atoms with Crippen molar-refractivity contribution in [3.8, 4) is 0 Å². The van der Waals surface area contributed by atoms with Gasteiger partial charge in [-0.2, -0.15) is 0 Å². The van der Waals surface area contributed by atoms with E-state index in [0.717, 1.165) is 70.5 Å². The van der Waals surface area contributed by atoms with Gasteiger partial charge in [-0.15, -0.1) is 0 Å². The van der Waals surface area contributed by atoms with E-state index in [1.165, 1.54) is 0 Å². The van der Waals surface area contributed by atoms with E-state index in [0.29, 0.717) is 51.7 Å². The van der Waals surface area contributed by atoms with Gasteiger partial charge >= 0.3 is 35.2 Å². The highest BCUT2D eigenvalue weighted by Crippen LogP contribution is 2.37. The molecule has 1 rings (SSSR count). The van der Waals surface area contributed by atoms with E-state index in [4.69, 9.17) is 53.1 Å². The van der Waals surface area contributed by atoms with Gasteiger partial charge in [0.2, 0.25) is 0 Å². The molecule has 0 unspecified atom stereocenters. The van der Waals surface area contributed by atoms with Crippen LogP contribution in [0.3, 0.4) is 0 Å². The molecule has 1 saturated heterocycles. The van der Waals surface area contributed by atoms with Crippen LogP contribution in [0.5, 0.6) is 0 Å². The lowest BCUT2D eigenvalue weighted by atomic mass is 9.87. The van der Waals surface area contributed by atoms with Crippen molar-refractivity contribution in [3.05, 3.63) is 0 Å². The Morgan fingerprint density at radius 2 is 0.780 bits per heavy atom. The molecule has 0 atom stereocenters. The Morgan fingerprint density at radius 3 is 1.10 bits per heavy atom. The molecule has 1 fully saturated rings. The Balaban J connectivity index is 3.50. The van der Waals surface area contributed by atoms with E-state index in [-0.39, 0.29) is 5.54 Å². The van der Waals surface area contributed by atoms with Crippen LogP contribution in [0.4, 0.5) is 0 Å². The number of piperazine rings is 1. The summed E-state index contributed by atoms with van der Waals surface area (Å²) in [6, 6.07) is 2.84. The van der Waals surface area contributed by atoms with Gasteiger partial charge in [0, 0.05) is 132 Å². The fraction of sp³-hybridized carbons (Fsp3) is 1.00. The van der Waals surface area contributed by atoms with Crippen LogP contribution in [-0.2, 0) is 53.1 Å². The molecule has 300 valence electrons. The molecule has 0 aromatic heterocycles. The monoisotopic (exact) mass is 790 g/mol. The van der Waals surface area contributed by atoms with E-state index in [9.17, 15) is 0 Å². The van der Waals surface area contributed by atoms with E-state index >= 15 is 0 Å². The summed E-state index contributed by atoms with van der Waals surface area (Å²) >= 11 is 0. The van der Waals surface area contributed by atoms with Gasteiger partial charge in [0.05, 0.1) is 0 Å². The minimum Gasteiger partial charge on any atom is -0.377 e. The summed E-state index contributed by atoms with van der Waals surface area (Å²) in [4.78, 5) is 5.22. The highest BCUT2D eigenvalue weighted by Gasteiger charge is 2.50. The highest BCUT2D eigenvalue weighted by molar-refractivity contribution is 6.61. The molecule has 0 spiro atoms. The van der Waals surface area contributed by atoms with E-state index in [1.807, 2.05) is 41.5 Å². The van der Waals surface area contributed by atoms with Crippen LogP contribution in [0.15, 0.2) is 0 Å². The maximum atomic E-state index is 6.22. The van der Waals surface area contributed by atoms with E-state index in [2.05, 4.69) is 9.80 Å². The van der Waals surface area contributed by atoms with Gasteiger partial charge in [-0.05, 0) is 80.3 Å². The smallest absolute Gasteiger partial charge is 0.377 e. The summed E-state index contributed by atoms with van der Waals surface area (Å²) in [6.45, 7) is 19.8. The number of rotatable bonds is 32. The minimum absolute atomic E-state index is 0.277. The van der Waals surface area contributed by atoms with Crippen LogP contribution in [0.2, 0.25) is 24.2 Å². The molecule has 0 bridgehead atoms. The van der Waals surface area contributed by atoms with Crippen molar-refractivity contribution in [2.75, 3.05) is 115 Å². The van der Waals surface area contributed by atoms with E-state index < -0.39 is 35.2 Å². The summed E-state index contributed by atoms with van der Waals surface area (Å²) in [7, 11) is -1.26. The first-order valence-electron chi connectivity index (χ1n) is 18.7. The second-order valence-corrected chi connectivity index (χ2v) is 23.9. The van der Waals surface area contributed by atoms with Gasteiger partial charge in [-0.25, -0.2) is 0 Å². The molecule has 0 N–H and O–H groups in total. The van der Waals surface area contributed by atoms with E-state index in [1.54, 1.807) is 42.7 Å². The Bertz CT molecular complexity index is 789. The molecule has 1 heterocycles. The summed E-state index contributed by atoms with van der Waals surface area (Å²) < 4.78 is 72.8. The minimum atomic E-state index is -2.90. The summed E-state index contributed by atoms with van der Waals surface area (Å²) in [5.41, 5.74) is -0.277. The lowest BCUT2D eigenvalue weighted by Gasteiger charge is -2.52. The van der Waals surface area contributed by atoms with Gasteiger partial charge in [-0.1, -0.05) is 0 Å². The van der Waals surface area contributed by atoms with Crippen molar-refractivity contribution in [1.82, 2.24) is 9.80 Å². The van der Waals surface area contributed by atoms with Gasteiger partial charge < -0.3 is 58.0 Å². The number of hydrogen-bond acceptors (Lipinski definition) is 14. The van der Waals surface area contributed by atoms with Crippen molar-refractivity contribution in [2.24, 2.45) is 0 Å². The van der Waals surface area contributed by atoms with Crippen LogP contribution in [0.1, 0.15) is 67.2 Å². The Kier molecular flexibility index (Phi) is 24.5. The van der Waals surface area contributed by atoms with Gasteiger partial charge in [0.15, 0.2) is 0 Å². The number of nitrogens with zero attached hydrogens (tertiary/aromatic N) is 2. The fourth-order valence-electron chi connectivity index (χ4n) is 7.13. The molecule has 14 nitrogen and oxygen atoms in total. The first-order valence-corrected chi connectivity index (χ1v) is 26.4. The molecule has 0 saturated carbocycles. The van der Waals surface area contributed by atoms with Crippen LogP contribution < -0.4 is 0 Å². The topological polar surface area (TPSA) is 117 Å². The first kappa shape index (κ1) is 48.3.